The van der Waals surface area contributed by atoms with Crippen molar-refractivity contribution >= 4 is 22.8 Å². The number of nitrogens with one attached hydrogen (secondary N) is 1. The molecule has 2 aliphatic rings. The van der Waals surface area contributed by atoms with E-state index < -0.39 is 6.10 Å². The molecule has 2 aromatic carbocycles. The van der Waals surface area contributed by atoms with Gasteiger partial charge in [-0.15, -0.1) is 0 Å². The molecule has 10 heteroatoms. The predicted octanol–water partition coefficient (Wildman–Crippen LogP) is 4.04. The number of aromatic nitrogens is 5. The second kappa shape index (κ2) is 8.97. The number of aliphatic hydroxyl groups is 1. The van der Waals surface area contributed by atoms with E-state index in [1.165, 1.54) is 0 Å². The van der Waals surface area contributed by atoms with E-state index in [4.69, 9.17) is 30.8 Å². The Morgan fingerprint density at radius 2 is 1.68 bits per heavy atom. The van der Waals surface area contributed by atoms with Crippen LogP contribution in [0.4, 0.5) is 0 Å². The lowest BCUT2D eigenvalue weighted by Gasteiger charge is -2.15. The SMILES string of the molecule is O[C@@H]1CO[C@H]2[C@@H]1OC[C@H]2Oc1nc2nc(-c3ccc(-c4ccc(-n5cccn5)cc4)cc3)c(Cl)cc2[nH]1. The van der Waals surface area contributed by atoms with Gasteiger partial charge in [0.2, 0.25) is 0 Å². The van der Waals surface area contributed by atoms with Gasteiger partial charge in [-0.05, 0) is 35.4 Å². The Morgan fingerprint density at radius 3 is 2.43 bits per heavy atom. The minimum atomic E-state index is -0.634. The number of H-pyrrole nitrogens is 1. The van der Waals surface area contributed by atoms with Gasteiger partial charge < -0.3 is 24.3 Å². The summed E-state index contributed by atoms with van der Waals surface area (Å²) in [5, 5.41) is 14.7. The first-order valence-electron chi connectivity index (χ1n) is 12.0. The molecule has 0 aliphatic carbocycles. The summed E-state index contributed by atoms with van der Waals surface area (Å²) in [7, 11) is 0. The summed E-state index contributed by atoms with van der Waals surface area (Å²) in [4.78, 5) is 12.3. The third kappa shape index (κ3) is 4.06. The Hall–Kier alpha value is -3.76. The number of ether oxygens (including phenoxy) is 3. The van der Waals surface area contributed by atoms with Gasteiger partial charge in [0.15, 0.2) is 11.8 Å². The number of imidazole rings is 1. The van der Waals surface area contributed by atoms with E-state index in [9.17, 15) is 5.11 Å². The molecule has 2 fully saturated rings. The lowest BCUT2D eigenvalue weighted by Crippen LogP contribution is -2.34. The summed E-state index contributed by atoms with van der Waals surface area (Å²) >= 11 is 6.60. The number of benzene rings is 2. The number of hydrogen-bond acceptors (Lipinski definition) is 7. The highest BCUT2D eigenvalue weighted by molar-refractivity contribution is 6.33. The number of nitrogens with zero attached hydrogens (tertiary/aromatic N) is 4. The number of halogens is 1. The number of hydrogen-bond donors (Lipinski definition) is 2. The summed E-state index contributed by atoms with van der Waals surface area (Å²) < 4.78 is 19.1. The van der Waals surface area contributed by atoms with Crippen LogP contribution in [0.2, 0.25) is 5.02 Å². The molecule has 0 radical (unpaired) electrons. The first-order valence-corrected chi connectivity index (χ1v) is 12.4. The average Bonchev–Trinajstić information content (AvgIpc) is 3.71. The van der Waals surface area contributed by atoms with Crippen molar-refractivity contribution in [1.29, 1.82) is 0 Å². The molecule has 0 bridgehead atoms. The molecule has 2 aliphatic heterocycles. The number of pyridine rings is 1. The fraction of sp³-hybridized carbons (Fsp3) is 0.222. The second-order valence-corrected chi connectivity index (χ2v) is 9.53. The first kappa shape index (κ1) is 22.4. The van der Waals surface area contributed by atoms with E-state index in [0.717, 1.165) is 22.4 Å². The zero-order valence-corrected chi connectivity index (χ0v) is 20.2. The minimum absolute atomic E-state index is 0.241. The highest BCUT2D eigenvalue weighted by Gasteiger charge is 2.48. The molecule has 0 spiro atoms. The summed E-state index contributed by atoms with van der Waals surface area (Å²) in [6.45, 7) is 0.562. The standard InChI is InChI=1S/C27H22ClN5O4/c28-19-12-20-26(32-27(30-20)37-22-14-36-24-21(34)13-35-25(22)24)31-23(19)17-4-2-15(3-5-17)16-6-8-18(9-7-16)33-11-1-10-29-33/h1-12,21-22,24-25,34H,13-14H2,(H,30,31,32)/t21-,22-,24-,25-/m1/s1. The van der Waals surface area contributed by atoms with E-state index in [1.54, 1.807) is 12.3 Å². The van der Waals surface area contributed by atoms with Gasteiger partial charge in [-0.1, -0.05) is 48.0 Å². The van der Waals surface area contributed by atoms with Crippen LogP contribution in [-0.2, 0) is 9.47 Å². The molecule has 5 aromatic rings. The smallest absolute Gasteiger partial charge is 0.296 e. The summed E-state index contributed by atoms with van der Waals surface area (Å²) in [6.07, 6.45) is 1.99. The third-order valence-corrected chi connectivity index (χ3v) is 7.07. The lowest BCUT2D eigenvalue weighted by atomic mass is 10.0. The monoisotopic (exact) mass is 515 g/mol. The van der Waals surface area contributed by atoms with E-state index >= 15 is 0 Å². The van der Waals surface area contributed by atoms with Crippen LogP contribution in [0.15, 0.2) is 73.1 Å². The number of rotatable bonds is 5. The van der Waals surface area contributed by atoms with Crippen molar-refractivity contribution in [2.24, 2.45) is 0 Å². The van der Waals surface area contributed by atoms with Crippen molar-refractivity contribution in [3.63, 3.8) is 0 Å². The maximum atomic E-state index is 9.94. The zero-order chi connectivity index (χ0) is 24.9. The van der Waals surface area contributed by atoms with Gasteiger partial charge in [-0.2, -0.15) is 10.1 Å². The van der Waals surface area contributed by atoms with Crippen molar-refractivity contribution in [3.8, 4) is 34.1 Å². The van der Waals surface area contributed by atoms with E-state index in [2.05, 4.69) is 27.2 Å². The molecule has 0 saturated carbocycles. The number of fused-ring (bicyclic) bond motifs is 2. The lowest BCUT2D eigenvalue weighted by molar-refractivity contribution is 0.00706. The van der Waals surface area contributed by atoms with Crippen molar-refractivity contribution in [3.05, 3.63) is 78.1 Å². The molecule has 37 heavy (non-hydrogen) atoms. The maximum absolute atomic E-state index is 9.94. The Kier molecular flexibility index (Phi) is 5.44. The molecule has 5 heterocycles. The van der Waals surface area contributed by atoms with Crippen LogP contribution in [0.25, 0.3) is 39.2 Å². The van der Waals surface area contributed by atoms with E-state index in [1.807, 2.05) is 53.3 Å². The quantitative estimate of drug-likeness (QED) is 0.364. The fourth-order valence-corrected chi connectivity index (χ4v) is 5.15. The van der Waals surface area contributed by atoms with E-state index in [-0.39, 0.29) is 24.9 Å². The maximum Gasteiger partial charge on any atom is 0.296 e. The van der Waals surface area contributed by atoms with Gasteiger partial charge in [0.25, 0.3) is 6.01 Å². The van der Waals surface area contributed by atoms with Gasteiger partial charge in [0, 0.05) is 18.0 Å². The molecule has 0 unspecified atom stereocenters. The first-order chi connectivity index (χ1) is 18.1. The highest BCUT2D eigenvalue weighted by Crippen LogP contribution is 2.33. The summed E-state index contributed by atoms with van der Waals surface area (Å²) in [6, 6.07) is 20.3. The van der Waals surface area contributed by atoms with Crippen LogP contribution in [0.5, 0.6) is 6.01 Å². The molecule has 4 atom stereocenters. The van der Waals surface area contributed by atoms with Crippen LogP contribution in [-0.4, -0.2) is 67.5 Å². The highest BCUT2D eigenvalue weighted by atomic mass is 35.5. The molecule has 9 nitrogen and oxygen atoms in total. The van der Waals surface area contributed by atoms with Crippen molar-refractivity contribution < 1.29 is 19.3 Å². The van der Waals surface area contributed by atoms with Crippen LogP contribution < -0.4 is 4.74 Å². The normalized spacial score (nSPS) is 23.0. The second-order valence-electron chi connectivity index (χ2n) is 9.13. The van der Waals surface area contributed by atoms with Crippen LogP contribution in [0, 0.1) is 0 Å². The molecule has 2 N–H and O–H groups in total. The Labute approximate surface area is 216 Å². The average molecular weight is 516 g/mol. The van der Waals surface area contributed by atoms with Crippen molar-refractivity contribution in [2.75, 3.05) is 13.2 Å². The largest absolute Gasteiger partial charge is 0.456 e. The third-order valence-electron chi connectivity index (χ3n) is 6.78. The molecule has 186 valence electrons. The number of aromatic amines is 1. The van der Waals surface area contributed by atoms with Crippen molar-refractivity contribution in [2.45, 2.75) is 24.4 Å². The number of aliphatic hydroxyl groups excluding tert-OH is 1. The predicted molar refractivity (Wildman–Crippen MR) is 137 cm³/mol. The van der Waals surface area contributed by atoms with Gasteiger partial charge in [-0.25, -0.2) is 9.67 Å². The molecule has 0 amide bonds. The topological polar surface area (TPSA) is 107 Å². The van der Waals surface area contributed by atoms with Crippen LogP contribution >= 0.6 is 11.6 Å². The van der Waals surface area contributed by atoms with Crippen LogP contribution in [0.1, 0.15) is 0 Å². The van der Waals surface area contributed by atoms with Gasteiger partial charge >= 0.3 is 0 Å². The molecule has 2 saturated heterocycles. The zero-order valence-electron chi connectivity index (χ0n) is 19.5. The summed E-state index contributed by atoms with van der Waals surface area (Å²) in [5.74, 6) is 0. The Balaban J connectivity index is 1.11. The fourth-order valence-electron chi connectivity index (χ4n) is 4.89. The molecular weight excluding hydrogens is 494 g/mol. The minimum Gasteiger partial charge on any atom is -0.456 e. The van der Waals surface area contributed by atoms with Crippen molar-refractivity contribution in [1.82, 2.24) is 24.7 Å². The molecule has 7 rings (SSSR count). The Morgan fingerprint density at radius 1 is 0.946 bits per heavy atom. The van der Waals surface area contributed by atoms with Gasteiger partial charge in [0.1, 0.15) is 18.3 Å². The van der Waals surface area contributed by atoms with Crippen LogP contribution in [0.3, 0.4) is 0 Å². The van der Waals surface area contributed by atoms with Gasteiger partial charge in [-0.3, -0.25) is 0 Å². The molecular formula is C27H22ClN5O4. The van der Waals surface area contributed by atoms with E-state index in [0.29, 0.717) is 34.5 Å². The Bertz CT molecular complexity index is 1550. The van der Waals surface area contributed by atoms with Gasteiger partial charge in [0.05, 0.1) is 35.1 Å². The molecule has 3 aromatic heterocycles. The summed E-state index contributed by atoms with van der Waals surface area (Å²) in [5.41, 5.74) is 5.87.